The molecular weight excluding hydrogens is 869 g/mol. The highest BCUT2D eigenvalue weighted by atomic mass is 32.1. The number of hydrogen-bond donors (Lipinski definition) is 0. The van der Waals surface area contributed by atoms with Gasteiger partial charge in [-0.05, 0) is 101 Å². The average Bonchev–Trinajstić information content (AvgIpc) is 4.16. The van der Waals surface area contributed by atoms with Crippen molar-refractivity contribution in [1.29, 1.82) is 0 Å². The molecule has 5 aromatic heterocycles. The number of furan rings is 1. The molecule has 5 nitrogen and oxygen atoms in total. The fourth-order valence-corrected chi connectivity index (χ4v) is 12.9. The summed E-state index contributed by atoms with van der Waals surface area (Å²) >= 11 is 3.59. The van der Waals surface area contributed by atoms with Crippen LogP contribution in [0, 0.1) is 0 Å². The van der Waals surface area contributed by atoms with E-state index in [2.05, 4.69) is 199 Å². The number of para-hydroxylation sites is 2. The largest absolute Gasteiger partial charge is 0.456 e. The molecule has 7 heteroatoms. The number of fused-ring (bicyclic) bond motifs is 13. The van der Waals surface area contributed by atoms with Crippen molar-refractivity contribution in [2.75, 3.05) is 0 Å². The summed E-state index contributed by atoms with van der Waals surface area (Å²) in [4.78, 5) is 16.5. The van der Waals surface area contributed by atoms with Crippen LogP contribution in [0.3, 0.4) is 0 Å². The molecule has 5 heterocycles. The van der Waals surface area contributed by atoms with E-state index in [0.29, 0.717) is 17.5 Å². The lowest BCUT2D eigenvalue weighted by Gasteiger charge is -2.16. The van der Waals surface area contributed by atoms with Gasteiger partial charge in [0.05, 0.1) is 11.0 Å². The maximum Gasteiger partial charge on any atom is 0.165 e. The summed E-state index contributed by atoms with van der Waals surface area (Å²) < 4.78 is 13.6. The van der Waals surface area contributed by atoms with Crippen LogP contribution in [0.2, 0.25) is 0 Å². The van der Waals surface area contributed by atoms with Crippen LogP contribution in [0.15, 0.2) is 211 Å². The summed E-state index contributed by atoms with van der Waals surface area (Å²) in [6, 6.07) is 73.9. The number of aromatic nitrogens is 4. The molecule has 0 aliphatic rings. The molecule has 0 fully saturated rings. The summed E-state index contributed by atoms with van der Waals surface area (Å²) in [6.45, 7) is 0. The van der Waals surface area contributed by atoms with Gasteiger partial charge in [-0.3, -0.25) is 0 Å². The predicted octanol–water partition coefficient (Wildman–Crippen LogP) is 17.4. The average molecular weight is 903 g/mol. The van der Waals surface area contributed by atoms with Gasteiger partial charge in [0.15, 0.2) is 17.5 Å². The fraction of sp³-hybridized carbons (Fsp3) is 0. The van der Waals surface area contributed by atoms with E-state index in [1.807, 2.05) is 12.1 Å². The second-order valence-corrected chi connectivity index (χ2v) is 19.6. The van der Waals surface area contributed by atoms with Crippen molar-refractivity contribution < 1.29 is 4.42 Å². The van der Waals surface area contributed by atoms with E-state index < -0.39 is 0 Å². The van der Waals surface area contributed by atoms with Crippen LogP contribution < -0.4 is 0 Å². The van der Waals surface area contributed by atoms with Gasteiger partial charge >= 0.3 is 0 Å². The SMILES string of the molecule is c1ccc2cc3c(cc2c1)c1ccccc1n3-c1ccc(-c2nc(-c3cccc4c3sc3ccccc34)nc(-c3cccc4sc5ccccc5c34)n2)c(-c2ccc3oc4ccccc4c3c2)c1. The van der Waals surface area contributed by atoms with Crippen LogP contribution in [0.4, 0.5) is 0 Å². The lowest BCUT2D eigenvalue weighted by molar-refractivity contribution is 0.669. The molecule has 10 aromatic carbocycles. The van der Waals surface area contributed by atoms with Crippen molar-refractivity contribution >= 4 is 118 Å². The van der Waals surface area contributed by atoms with Crippen molar-refractivity contribution in [3.05, 3.63) is 206 Å². The quantitative estimate of drug-likeness (QED) is 0.173. The summed E-state index contributed by atoms with van der Waals surface area (Å²) in [6.07, 6.45) is 0. The number of thiophene rings is 2. The minimum absolute atomic E-state index is 0.603. The third-order valence-electron chi connectivity index (χ3n) is 13.7. The zero-order valence-corrected chi connectivity index (χ0v) is 37.8. The van der Waals surface area contributed by atoms with Gasteiger partial charge in [0.25, 0.3) is 0 Å². The van der Waals surface area contributed by atoms with Gasteiger partial charge < -0.3 is 8.98 Å². The molecule has 0 radical (unpaired) electrons. The summed E-state index contributed by atoms with van der Waals surface area (Å²) in [5.74, 6) is 1.88. The molecule has 68 heavy (non-hydrogen) atoms. The van der Waals surface area contributed by atoms with Crippen LogP contribution in [0.25, 0.3) is 146 Å². The van der Waals surface area contributed by atoms with Gasteiger partial charge in [0, 0.05) is 84.3 Å². The molecule has 0 spiro atoms. The van der Waals surface area contributed by atoms with Gasteiger partial charge in [-0.2, -0.15) is 0 Å². The minimum atomic E-state index is 0.603. The van der Waals surface area contributed by atoms with E-state index in [0.717, 1.165) is 76.6 Å². The van der Waals surface area contributed by atoms with Gasteiger partial charge in [-0.1, -0.05) is 127 Å². The number of hydrogen-bond acceptors (Lipinski definition) is 6. The van der Waals surface area contributed by atoms with E-state index in [-0.39, 0.29) is 0 Å². The molecule has 0 N–H and O–H groups in total. The van der Waals surface area contributed by atoms with Crippen molar-refractivity contribution in [1.82, 2.24) is 19.5 Å². The maximum atomic E-state index is 6.38. The smallest absolute Gasteiger partial charge is 0.165 e. The molecule has 0 unspecified atom stereocenters. The summed E-state index contributed by atoms with van der Waals surface area (Å²) in [7, 11) is 0. The van der Waals surface area contributed by atoms with Crippen molar-refractivity contribution in [3.8, 4) is 51.0 Å². The standard InChI is InChI=1S/C61H34N4OS2/c1-2-14-36-33-51-48(31-35(36)13-1)39-15-3-7-22-50(39)65(51)38-28-29-43(47(34-38)37-27-30-53-49(32-37)40-16-4-8-23-52(40)66-53)59-62-60(45-20-12-26-56-57(45)44-18-6-10-25-55(44)67-56)64-61(63-59)46-21-11-19-42-41-17-5-9-24-54(41)68-58(42)46/h1-34H. The first-order chi connectivity index (χ1) is 33.7. The first-order valence-corrected chi connectivity index (χ1v) is 24.4. The fourth-order valence-electron chi connectivity index (χ4n) is 10.6. The van der Waals surface area contributed by atoms with Crippen LogP contribution in [-0.4, -0.2) is 19.5 Å². The number of rotatable bonds is 5. The molecule has 316 valence electrons. The summed E-state index contributed by atoms with van der Waals surface area (Å²) in [5, 5.41) is 11.8. The topological polar surface area (TPSA) is 56.7 Å². The molecular formula is C61H34N4OS2. The molecule has 0 amide bonds. The van der Waals surface area contributed by atoms with Crippen molar-refractivity contribution in [2.45, 2.75) is 0 Å². The van der Waals surface area contributed by atoms with Gasteiger partial charge in [-0.15, -0.1) is 22.7 Å². The van der Waals surface area contributed by atoms with Gasteiger partial charge in [0.2, 0.25) is 0 Å². The Kier molecular flexibility index (Phi) is 8.04. The predicted molar refractivity (Wildman–Crippen MR) is 286 cm³/mol. The van der Waals surface area contributed by atoms with E-state index in [9.17, 15) is 0 Å². The Morgan fingerprint density at radius 2 is 0.985 bits per heavy atom. The third-order valence-corrected chi connectivity index (χ3v) is 16.0. The molecule has 15 aromatic rings. The molecule has 0 saturated carbocycles. The molecule has 0 atom stereocenters. The Morgan fingerprint density at radius 3 is 1.85 bits per heavy atom. The Morgan fingerprint density at radius 1 is 0.353 bits per heavy atom. The number of nitrogens with zero attached hydrogens (tertiary/aromatic N) is 4. The Balaban J connectivity index is 1.03. The normalized spacial score (nSPS) is 12.1. The molecule has 0 aliphatic heterocycles. The zero-order valence-electron chi connectivity index (χ0n) is 36.1. The highest BCUT2D eigenvalue weighted by molar-refractivity contribution is 7.26. The Labute approximate surface area is 396 Å². The summed E-state index contributed by atoms with van der Waals surface area (Å²) in [5.41, 5.74) is 9.96. The van der Waals surface area contributed by atoms with E-state index in [1.165, 1.54) is 51.8 Å². The highest BCUT2D eigenvalue weighted by Crippen LogP contribution is 2.45. The van der Waals surface area contributed by atoms with E-state index in [4.69, 9.17) is 19.4 Å². The third kappa shape index (κ3) is 5.64. The van der Waals surface area contributed by atoms with Crippen LogP contribution in [0.5, 0.6) is 0 Å². The maximum absolute atomic E-state index is 6.38. The Bertz CT molecular complexity index is 4590. The van der Waals surface area contributed by atoms with E-state index >= 15 is 0 Å². The first kappa shape index (κ1) is 37.7. The number of benzene rings is 10. The van der Waals surface area contributed by atoms with Gasteiger partial charge in [-0.25, -0.2) is 15.0 Å². The monoisotopic (exact) mass is 902 g/mol. The lowest BCUT2D eigenvalue weighted by Crippen LogP contribution is -2.02. The van der Waals surface area contributed by atoms with Crippen molar-refractivity contribution in [2.24, 2.45) is 0 Å². The second kappa shape index (κ2) is 14.5. The first-order valence-electron chi connectivity index (χ1n) is 22.7. The van der Waals surface area contributed by atoms with Gasteiger partial charge in [0.1, 0.15) is 11.2 Å². The van der Waals surface area contributed by atoms with Crippen LogP contribution in [0.1, 0.15) is 0 Å². The highest BCUT2D eigenvalue weighted by Gasteiger charge is 2.23. The van der Waals surface area contributed by atoms with E-state index in [1.54, 1.807) is 22.7 Å². The zero-order chi connectivity index (χ0) is 44.5. The molecule has 0 saturated heterocycles. The molecule has 0 aliphatic carbocycles. The van der Waals surface area contributed by atoms with Crippen LogP contribution >= 0.6 is 22.7 Å². The lowest BCUT2D eigenvalue weighted by atomic mass is 9.96. The minimum Gasteiger partial charge on any atom is -0.456 e. The molecule has 15 rings (SSSR count). The Hall–Kier alpha value is -8.49. The molecule has 0 bridgehead atoms. The second-order valence-electron chi connectivity index (χ2n) is 17.5. The van der Waals surface area contributed by atoms with Crippen molar-refractivity contribution in [3.63, 3.8) is 0 Å². The van der Waals surface area contributed by atoms with Crippen LogP contribution in [-0.2, 0) is 0 Å².